The van der Waals surface area contributed by atoms with E-state index in [1.54, 1.807) is 42.5 Å². The largest absolute Gasteiger partial charge is 0.481 e. The quantitative estimate of drug-likeness (QED) is 0.0105. The summed E-state index contributed by atoms with van der Waals surface area (Å²) >= 11 is 0. The Morgan fingerprint density at radius 3 is 1.96 bits per heavy atom. The van der Waals surface area contributed by atoms with Crippen LogP contribution in [0.25, 0.3) is 0 Å². The summed E-state index contributed by atoms with van der Waals surface area (Å²) in [6.07, 6.45) is 43.6. The number of ether oxygens (including phenoxy) is 3. The lowest BCUT2D eigenvalue weighted by Gasteiger charge is -2.21. The molecule has 22 heteroatoms. The van der Waals surface area contributed by atoms with Crippen molar-refractivity contribution in [1.29, 1.82) is 0 Å². The van der Waals surface area contributed by atoms with Gasteiger partial charge >= 0.3 is 33.3 Å². The standard InChI is InChI=1S/C57H89N3O17P2/c1-3-5-7-8-9-10-11-12-13-14-15-16-17-18-19-20-21-25-28-34-41-53(64)75-49(44-72-52(63)40-35-29-33-39-48(62)38-32-27-24-22-23-26-31-37-47(61)36-30-6-4-2)45-73-78(68,69)77-79(70,71)74-46-50-54(65)55(66)56(76-50)60-43-42-51(58)59-57(60)67/h6,10-11,13-14,16-17,23-24,26-27,30-33,37-39,42-43,47-50,54-56,61-62,65-66H,3-5,7-9,12,15,18-22,25,28-29,34-36,40-41,44-46H2,1-2H3,(H,68,69)(H,70,71)(H2,58,59,67)/b11-10-,14-13-,17-16-,26-23-,27-24-,30-6-,37-31+,38-32+,39-33-/t47-,48-,49-,50-,54-,55-,56-/m1/s1. The Morgan fingerprint density at radius 2 is 1.29 bits per heavy atom. The average Bonchev–Trinajstić information content (AvgIpc) is 3.71. The molecular weight excluding hydrogens is 1060 g/mol. The predicted octanol–water partition coefficient (Wildman–Crippen LogP) is 10.1. The maximum absolute atomic E-state index is 12.9. The minimum absolute atomic E-state index is 0.0143. The molecule has 0 amide bonds. The van der Waals surface area contributed by atoms with Crippen LogP contribution in [-0.4, -0.2) is 108 Å². The number of rotatable bonds is 44. The van der Waals surface area contributed by atoms with Crippen molar-refractivity contribution in [3.63, 3.8) is 0 Å². The summed E-state index contributed by atoms with van der Waals surface area (Å²) in [5, 5.41) is 41.1. The molecule has 8 N–H and O–H groups in total. The molecule has 1 aromatic heterocycles. The number of hydrogen-bond donors (Lipinski definition) is 7. The van der Waals surface area contributed by atoms with E-state index in [2.05, 4.69) is 52.7 Å². The van der Waals surface area contributed by atoms with Crippen molar-refractivity contribution in [2.24, 2.45) is 0 Å². The molecule has 1 aliphatic heterocycles. The fourth-order valence-corrected chi connectivity index (χ4v) is 9.58. The Hall–Kier alpha value is -4.66. The number of hydrogen-bond acceptors (Lipinski definition) is 17. The molecule has 444 valence electrons. The van der Waals surface area contributed by atoms with Crippen LogP contribution in [0.2, 0.25) is 0 Å². The first-order chi connectivity index (χ1) is 38.0. The fraction of sp³-hybridized carbons (Fsp3) is 0.579. The summed E-state index contributed by atoms with van der Waals surface area (Å²) in [5.74, 6) is -1.52. The van der Waals surface area contributed by atoms with Gasteiger partial charge in [-0.05, 0) is 83.1 Å². The zero-order valence-corrected chi connectivity index (χ0v) is 47.9. The number of carbonyl (C=O) groups is 2. The van der Waals surface area contributed by atoms with E-state index in [0.717, 1.165) is 75.0 Å². The topological polar surface area (TPSA) is 306 Å². The molecule has 0 bridgehead atoms. The van der Waals surface area contributed by atoms with Crippen molar-refractivity contribution >= 4 is 33.4 Å². The van der Waals surface area contributed by atoms with E-state index >= 15 is 0 Å². The van der Waals surface area contributed by atoms with Gasteiger partial charge in [0.1, 0.15) is 30.7 Å². The van der Waals surface area contributed by atoms with Gasteiger partial charge < -0.3 is 50.2 Å². The van der Waals surface area contributed by atoms with Crippen molar-refractivity contribution in [2.45, 2.75) is 192 Å². The van der Waals surface area contributed by atoms with Crippen molar-refractivity contribution in [2.75, 3.05) is 25.6 Å². The Labute approximate surface area is 467 Å². The normalized spacial score (nSPS) is 20.1. The van der Waals surface area contributed by atoms with E-state index in [0.29, 0.717) is 32.1 Å². The summed E-state index contributed by atoms with van der Waals surface area (Å²) in [5.41, 5.74) is 4.57. The minimum Gasteiger partial charge on any atom is -0.462 e. The minimum atomic E-state index is -5.48. The molecule has 0 aliphatic carbocycles. The first kappa shape index (κ1) is 70.4. The van der Waals surface area contributed by atoms with Gasteiger partial charge in [-0.15, -0.1) is 0 Å². The molecule has 0 saturated carbocycles. The lowest BCUT2D eigenvalue weighted by Crippen LogP contribution is -2.36. The Balaban J connectivity index is 1.85. The highest BCUT2D eigenvalue weighted by molar-refractivity contribution is 7.61. The van der Waals surface area contributed by atoms with Gasteiger partial charge in [0.2, 0.25) is 0 Å². The highest BCUT2D eigenvalue weighted by Crippen LogP contribution is 2.60. The molecule has 0 radical (unpaired) electrons. The molecule has 0 aromatic carbocycles. The van der Waals surface area contributed by atoms with Crippen LogP contribution in [0.1, 0.15) is 155 Å². The number of allylic oxidation sites excluding steroid dienone is 14. The van der Waals surface area contributed by atoms with Gasteiger partial charge in [-0.2, -0.15) is 9.29 Å². The van der Waals surface area contributed by atoms with Gasteiger partial charge in [0.15, 0.2) is 12.3 Å². The number of anilines is 1. The van der Waals surface area contributed by atoms with Gasteiger partial charge in [-0.3, -0.25) is 23.2 Å². The van der Waals surface area contributed by atoms with Gasteiger partial charge in [0.25, 0.3) is 0 Å². The van der Waals surface area contributed by atoms with E-state index in [1.807, 2.05) is 37.3 Å². The van der Waals surface area contributed by atoms with E-state index in [4.69, 9.17) is 29.0 Å². The van der Waals surface area contributed by atoms with Crippen LogP contribution in [0.15, 0.2) is 126 Å². The number of unbranched alkanes of at least 4 members (excludes halogenated alkanes) is 11. The van der Waals surface area contributed by atoms with Crippen LogP contribution in [0, 0.1) is 0 Å². The van der Waals surface area contributed by atoms with E-state index < -0.39 is 95.9 Å². The molecule has 2 rings (SSSR count). The fourth-order valence-electron chi connectivity index (χ4n) is 7.47. The SMILES string of the molecule is CC/C=C\C[C@@H](O)/C=C/C=C\C/C=C\C=C\[C@@H](O)/C=C\CCCC(=O)OC[C@H](COP(=O)(O)OP(=O)(O)OC[C@H]1O[C@@H](n2ccc(N)nc2=O)[C@H](O)[C@@H]1O)OC(=O)CCCCCCCC/C=C\C/C=C\C/C=C\CCCCCC. The molecule has 1 aromatic rings. The molecular formula is C57H89N3O17P2. The van der Waals surface area contributed by atoms with Crippen LogP contribution in [0.4, 0.5) is 5.82 Å². The van der Waals surface area contributed by atoms with Gasteiger partial charge in [0.05, 0.1) is 25.4 Å². The predicted molar refractivity (Wildman–Crippen MR) is 305 cm³/mol. The first-order valence-electron chi connectivity index (χ1n) is 27.6. The molecule has 1 fully saturated rings. The summed E-state index contributed by atoms with van der Waals surface area (Å²) < 4.78 is 56.7. The lowest BCUT2D eigenvalue weighted by atomic mass is 10.1. The Bertz CT molecular complexity index is 2290. The monoisotopic (exact) mass is 1150 g/mol. The van der Waals surface area contributed by atoms with Crippen molar-refractivity contribution in [3.8, 4) is 0 Å². The maximum Gasteiger partial charge on any atom is 0.481 e. The van der Waals surface area contributed by atoms with Gasteiger partial charge in [0, 0.05) is 19.0 Å². The molecule has 20 nitrogen and oxygen atoms in total. The molecule has 2 heterocycles. The van der Waals surface area contributed by atoms with Crippen molar-refractivity contribution < 1.29 is 76.5 Å². The molecule has 1 aliphatic rings. The van der Waals surface area contributed by atoms with Crippen LogP contribution >= 0.6 is 15.6 Å². The number of aliphatic hydroxyl groups excluding tert-OH is 4. The zero-order chi connectivity index (χ0) is 58.0. The number of carbonyl (C=O) groups excluding carboxylic acids is 2. The third-order valence-corrected chi connectivity index (χ3v) is 14.4. The van der Waals surface area contributed by atoms with Crippen LogP contribution in [-0.2, 0) is 46.3 Å². The summed E-state index contributed by atoms with van der Waals surface area (Å²) in [6.45, 7) is 1.75. The maximum atomic E-state index is 12.9. The number of nitrogens with zero attached hydrogens (tertiary/aromatic N) is 2. The van der Waals surface area contributed by atoms with E-state index in [-0.39, 0.29) is 18.7 Å². The summed E-state index contributed by atoms with van der Waals surface area (Å²) in [4.78, 5) is 62.1. The second kappa shape index (κ2) is 43.1. The highest BCUT2D eigenvalue weighted by atomic mass is 31.3. The van der Waals surface area contributed by atoms with Gasteiger partial charge in [-0.25, -0.2) is 13.9 Å². The molecule has 0 spiro atoms. The number of nitrogen functional groups attached to an aromatic ring is 1. The first-order valence-corrected chi connectivity index (χ1v) is 30.6. The number of nitrogens with two attached hydrogens (primary N) is 1. The number of phosphoric ester groups is 2. The highest BCUT2D eigenvalue weighted by Gasteiger charge is 2.46. The number of esters is 2. The molecule has 9 atom stereocenters. The van der Waals surface area contributed by atoms with Crippen LogP contribution in [0.3, 0.4) is 0 Å². The molecule has 1 saturated heterocycles. The summed E-state index contributed by atoms with van der Waals surface area (Å²) in [6, 6.07) is 1.23. The number of phosphoric acid groups is 2. The second-order valence-electron chi connectivity index (χ2n) is 18.7. The third-order valence-electron chi connectivity index (χ3n) is 11.8. The second-order valence-corrected chi connectivity index (χ2v) is 21.8. The lowest BCUT2D eigenvalue weighted by molar-refractivity contribution is -0.161. The van der Waals surface area contributed by atoms with Crippen LogP contribution < -0.4 is 11.4 Å². The Morgan fingerprint density at radius 1 is 0.696 bits per heavy atom. The molecule has 2 unspecified atom stereocenters. The van der Waals surface area contributed by atoms with Crippen LogP contribution in [0.5, 0.6) is 0 Å². The van der Waals surface area contributed by atoms with Crippen molar-refractivity contribution in [1.82, 2.24) is 9.55 Å². The third kappa shape index (κ3) is 35.6. The van der Waals surface area contributed by atoms with E-state index in [1.165, 1.54) is 31.7 Å². The van der Waals surface area contributed by atoms with Crippen molar-refractivity contribution in [3.05, 3.63) is 132 Å². The smallest absolute Gasteiger partial charge is 0.462 e. The Kier molecular flexibility index (Phi) is 38.5. The van der Waals surface area contributed by atoms with Gasteiger partial charge in [-0.1, -0.05) is 168 Å². The number of aliphatic hydroxyl groups is 4. The zero-order valence-electron chi connectivity index (χ0n) is 46.1. The average molecular weight is 1150 g/mol. The number of aromatic nitrogens is 2. The molecule has 79 heavy (non-hydrogen) atoms. The van der Waals surface area contributed by atoms with E-state index in [9.17, 15) is 53.7 Å². The summed E-state index contributed by atoms with van der Waals surface area (Å²) in [7, 11) is -11.0.